The van der Waals surface area contributed by atoms with Gasteiger partial charge in [-0.05, 0) is 51.0 Å². The number of hydrogen-bond acceptors (Lipinski definition) is 4. The molecule has 0 bridgehead atoms. The average Bonchev–Trinajstić information content (AvgIpc) is 3.01. The molecular formula is C18H27N3O2. The number of carbonyl (C=O) groups excluding carboxylic acids is 1. The molecule has 0 unspecified atom stereocenters. The molecule has 2 heterocycles. The lowest BCUT2D eigenvalue weighted by molar-refractivity contribution is -0.121. The molecule has 2 saturated heterocycles. The second kappa shape index (κ2) is 7.32. The van der Waals surface area contributed by atoms with E-state index in [9.17, 15) is 4.79 Å². The van der Waals surface area contributed by atoms with Crippen molar-refractivity contribution in [1.82, 2.24) is 4.90 Å². The van der Waals surface area contributed by atoms with Gasteiger partial charge in [0.15, 0.2) is 0 Å². The zero-order chi connectivity index (χ0) is 16.2. The molecule has 2 aliphatic rings. The summed E-state index contributed by atoms with van der Waals surface area (Å²) in [6.45, 7) is 8.43. The summed E-state index contributed by atoms with van der Waals surface area (Å²) in [5.41, 5.74) is 2.11. The van der Waals surface area contributed by atoms with Crippen LogP contribution in [0, 0.1) is 0 Å². The number of ether oxygens (including phenoxy) is 1. The second-order valence-corrected chi connectivity index (χ2v) is 6.74. The minimum Gasteiger partial charge on any atom is -0.373 e. The van der Waals surface area contributed by atoms with Gasteiger partial charge in [-0.15, -0.1) is 0 Å². The molecule has 2 fully saturated rings. The summed E-state index contributed by atoms with van der Waals surface area (Å²) in [7, 11) is 0. The van der Waals surface area contributed by atoms with Crippen molar-refractivity contribution >= 4 is 17.3 Å². The predicted octanol–water partition coefficient (Wildman–Crippen LogP) is 2.33. The van der Waals surface area contributed by atoms with Gasteiger partial charge < -0.3 is 15.0 Å². The summed E-state index contributed by atoms with van der Waals surface area (Å²) in [4.78, 5) is 16.8. The summed E-state index contributed by atoms with van der Waals surface area (Å²) in [5, 5.41) is 3.00. The Kier molecular flexibility index (Phi) is 5.18. The van der Waals surface area contributed by atoms with Gasteiger partial charge in [-0.2, -0.15) is 0 Å². The molecule has 3 rings (SSSR count). The highest BCUT2D eigenvalue weighted by molar-refractivity contribution is 5.92. The Hall–Kier alpha value is -1.59. The maximum atomic E-state index is 12.2. The Balaban J connectivity index is 1.51. The molecule has 1 aromatic carbocycles. The van der Waals surface area contributed by atoms with E-state index in [0.29, 0.717) is 6.54 Å². The number of amides is 1. The molecule has 5 nitrogen and oxygen atoms in total. The largest absolute Gasteiger partial charge is 0.373 e. The van der Waals surface area contributed by atoms with E-state index in [4.69, 9.17) is 4.74 Å². The number of rotatable bonds is 4. The first-order valence-electron chi connectivity index (χ1n) is 8.63. The summed E-state index contributed by atoms with van der Waals surface area (Å²) in [6.07, 6.45) is 2.92. The Labute approximate surface area is 138 Å². The second-order valence-electron chi connectivity index (χ2n) is 6.74. The Bertz CT molecular complexity index is 516. The van der Waals surface area contributed by atoms with Crippen LogP contribution in [0.1, 0.15) is 26.7 Å². The van der Waals surface area contributed by atoms with Gasteiger partial charge in [-0.3, -0.25) is 9.69 Å². The van der Waals surface area contributed by atoms with Gasteiger partial charge in [0.25, 0.3) is 0 Å². The Morgan fingerprint density at radius 3 is 2.35 bits per heavy atom. The molecule has 23 heavy (non-hydrogen) atoms. The number of anilines is 2. The first-order chi connectivity index (χ1) is 11.1. The van der Waals surface area contributed by atoms with E-state index >= 15 is 0 Å². The lowest BCUT2D eigenvalue weighted by Gasteiger charge is -2.34. The number of morpholine rings is 1. The smallest absolute Gasteiger partial charge is 0.238 e. The van der Waals surface area contributed by atoms with Crippen molar-refractivity contribution < 1.29 is 9.53 Å². The highest BCUT2D eigenvalue weighted by atomic mass is 16.5. The van der Waals surface area contributed by atoms with Crippen LogP contribution in [0.15, 0.2) is 24.3 Å². The fourth-order valence-electron chi connectivity index (χ4n) is 3.55. The van der Waals surface area contributed by atoms with Gasteiger partial charge >= 0.3 is 0 Å². The van der Waals surface area contributed by atoms with Crippen LogP contribution < -0.4 is 10.2 Å². The van der Waals surface area contributed by atoms with Crippen LogP contribution in [0.5, 0.6) is 0 Å². The van der Waals surface area contributed by atoms with Gasteiger partial charge in [0.05, 0.1) is 18.8 Å². The Morgan fingerprint density at radius 1 is 1.13 bits per heavy atom. The molecule has 2 atom stereocenters. The molecule has 126 valence electrons. The van der Waals surface area contributed by atoms with Crippen molar-refractivity contribution in [3.63, 3.8) is 0 Å². The molecule has 0 saturated carbocycles. The summed E-state index contributed by atoms with van der Waals surface area (Å²) in [5.74, 6) is 0.0419. The topological polar surface area (TPSA) is 44.8 Å². The van der Waals surface area contributed by atoms with Gasteiger partial charge in [-0.1, -0.05) is 0 Å². The molecule has 0 radical (unpaired) electrons. The zero-order valence-electron chi connectivity index (χ0n) is 14.1. The number of benzene rings is 1. The fourth-order valence-corrected chi connectivity index (χ4v) is 3.55. The van der Waals surface area contributed by atoms with E-state index < -0.39 is 0 Å². The minimum atomic E-state index is 0.0419. The van der Waals surface area contributed by atoms with E-state index in [1.54, 1.807) is 0 Å². The minimum absolute atomic E-state index is 0.0419. The van der Waals surface area contributed by atoms with Crippen molar-refractivity contribution in [2.75, 3.05) is 42.9 Å². The maximum Gasteiger partial charge on any atom is 0.238 e. The highest BCUT2D eigenvalue weighted by Crippen LogP contribution is 2.22. The quantitative estimate of drug-likeness (QED) is 0.926. The molecule has 5 heteroatoms. The van der Waals surface area contributed by atoms with Gasteiger partial charge in [0.1, 0.15) is 0 Å². The van der Waals surface area contributed by atoms with Crippen molar-refractivity contribution in [2.24, 2.45) is 0 Å². The lowest BCUT2D eigenvalue weighted by atomic mass is 10.2. The summed E-state index contributed by atoms with van der Waals surface area (Å²) < 4.78 is 5.70. The number of nitrogens with one attached hydrogen (secondary N) is 1. The standard InChI is InChI=1S/C18H27N3O2/c1-14-11-20(12-15(2)23-14)13-18(22)19-16-5-7-17(8-6-16)21-9-3-4-10-21/h5-8,14-15H,3-4,9-13H2,1-2H3,(H,19,22)/t14-,15-/m0/s1. The van der Waals surface area contributed by atoms with E-state index in [-0.39, 0.29) is 18.1 Å². The third kappa shape index (κ3) is 4.45. The van der Waals surface area contributed by atoms with Crippen LogP contribution in [0.3, 0.4) is 0 Å². The van der Waals surface area contributed by atoms with Gasteiger partial charge in [0.2, 0.25) is 5.91 Å². The zero-order valence-corrected chi connectivity index (χ0v) is 14.1. The SMILES string of the molecule is C[C@H]1CN(CC(=O)Nc2ccc(N3CCCC3)cc2)C[C@H](C)O1. The average molecular weight is 317 g/mol. The third-order valence-electron chi connectivity index (χ3n) is 4.48. The third-order valence-corrected chi connectivity index (χ3v) is 4.48. The monoisotopic (exact) mass is 317 g/mol. The maximum absolute atomic E-state index is 12.2. The first kappa shape index (κ1) is 16.3. The molecule has 0 aliphatic carbocycles. The van der Waals surface area contributed by atoms with Crippen molar-refractivity contribution in [2.45, 2.75) is 38.9 Å². The highest BCUT2D eigenvalue weighted by Gasteiger charge is 2.23. The van der Waals surface area contributed by atoms with Crippen LogP contribution >= 0.6 is 0 Å². The van der Waals surface area contributed by atoms with Gasteiger partial charge in [0, 0.05) is 37.6 Å². The van der Waals surface area contributed by atoms with Crippen molar-refractivity contribution in [3.05, 3.63) is 24.3 Å². The molecule has 1 amide bonds. The predicted molar refractivity (Wildman–Crippen MR) is 93.0 cm³/mol. The van der Waals surface area contributed by atoms with E-state index in [2.05, 4.69) is 41.1 Å². The van der Waals surface area contributed by atoms with Crippen LogP contribution in [-0.2, 0) is 9.53 Å². The molecular weight excluding hydrogens is 290 g/mol. The van der Waals surface area contributed by atoms with E-state index in [0.717, 1.165) is 31.9 Å². The normalized spacial score (nSPS) is 25.6. The van der Waals surface area contributed by atoms with E-state index in [1.165, 1.54) is 18.5 Å². The van der Waals surface area contributed by atoms with Crippen molar-refractivity contribution in [3.8, 4) is 0 Å². The summed E-state index contributed by atoms with van der Waals surface area (Å²) >= 11 is 0. The molecule has 1 N–H and O–H groups in total. The number of carbonyl (C=O) groups is 1. The number of hydrogen-bond donors (Lipinski definition) is 1. The van der Waals surface area contributed by atoms with Crippen LogP contribution in [0.4, 0.5) is 11.4 Å². The van der Waals surface area contributed by atoms with Crippen LogP contribution in [0.2, 0.25) is 0 Å². The lowest BCUT2D eigenvalue weighted by Crippen LogP contribution is -2.48. The molecule has 0 aromatic heterocycles. The van der Waals surface area contributed by atoms with Crippen LogP contribution in [-0.4, -0.2) is 55.7 Å². The van der Waals surface area contributed by atoms with Crippen molar-refractivity contribution in [1.29, 1.82) is 0 Å². The molecule has 1 aromatic rings. The Morgan fingerprint density at radius 2 is 1.74 bits per heavy atom. The summed E-state index contributed by atoms with van der Waals surface area (Å²) in [6, 6.07) is 8.19. The molecule has 0 spiro atoms. The fraction of sp³-hybridized carbons (Fsp3) is 0.611. The first-order valence-corrected chi connectivity index (χ1v) is 8.63. The number of nitrogens with zero attached hydrogens (tertiary/aromatic N) is 2. The van der Waals surface area contributed by atoms with E-state index in [1.807, 2.05) is 12.1 Å². The van der Waals surface area contributed by atoms with Crippen LogP contribution in [0.25, 0.3) is 0 Å². The van der Waals surface area contributed by atoms with Gasteiger partial charge in [-0.25, -0.2) is 0 Å². The molecule has 2 aliphatic heterocycles.